The van der Waals surface area contributed by atoms with Crippen molar-refractivity contribution in [2.75, 3.05) is 5.32 Å². The first kappa shape index (κ1) is 28.3. The average molecular weight is 536 g/mol. The van der Waals surface area contributed by atoms with Gasteiger partial charge in [-0.2, -0.15) is 0 Å². The molecule has 3 aromatic carbocycles. The van der Waals surface area contributed by atoms with Crippen LogP contribution in [0.2, 0.25) is 5.02 Å². The van der Waals surface area contributed by atoms with Gasteiger partial charge in [-0.3, -0.25) is 19.2 Å². The van der Waals surface area contributed by atoms with Gasteiger partial charge in [0.25, 0.3) is 0 Å². The second kappa shape index (κ2) is 13.3. The third-order valence-electron chi connectivity index (χ3n) is 5.46. The molecule has 0 unspecified atom stereocenters. The van der Waals surface area contributed by atoms with Crippen LogP contribution in [0.5, 0.6) is 0 Å². The lowest BCUT2D eigenvalue weighted by Gasteiger charge is -2.13. The number of ether oxygens (including phenoxy) is 2. The van der Waals surface area contributed by atoms with Crippen molar-refractivity contribution in [3.63, 3.8) is 0 Å². The summed E-state index contributed by atoms with van der Waals surface area (Å²) in [6.45, 7) is 2.95. The SMILES string of the molecule is C[C@H](OC(=O)c1ccc(NC(=O)CCC(=O)O[C@H](C)C(=O)c2cccc(Cl)c2)cc1)C(=O)c1ccccc1. The Morgan fingerprint density at radius 2 is 1.32 bits per heavy atom. The molecular weight excluding hydrogens is 510 g/mol. The lowest BCUT2D eigenvalue weighted by Crippen LogP contribution is -2.25. The molecule has 0 aliphatic heterocycles. The summed E-state index contributed by atoms with van der Waals surface area (Å²) in [5, 5.41) is 3.01. The number of anilines is 1. The van der Waals surface area contributed by atoms with Gasteiger partial charge in [0, 0.05) is 28.3 Å². The lowest BCUT2D eigenvalue weighted by molar-refractivity contribution is -0.147. The summed E-state index contributed by atoms with van der Waals surface area (Å²) in [4.78, 5) is 61.5. The molecule has 1 amide bonds. The first-order valence-electron chi connectivity index (χ1n) is 11.8. The number of esters is 2. The fourth-order valence-electron chi connectivity index (χ4n) is 3.43. The predicted octanol–water partition coefficient (Wildman–Crippen LogP) is 5.30. The molecule has 38 heavy (non-hydrogen) atoms. The maximum Gasteiger partial charge on any atom is 0.338 e. The number of halogens is 1. The number of carbonyl (C=O) groups excluding carboxylic acids is 5. The highest BCUT2D eigenvalue weighted by molar-refractivity contribution is 6.31. The maximum atomic E-state index is 12.4. The van der Waals surface area contributed by atoms with E-state index in [1.807, 2.05) is 0 Å². The van der Waals surface area contributed by atoms with E-state index in [1.54, 1.807) is 48.5 Å². The Kier molecular flexibility index (Phi) is 9.90. The summed E-state index contributed by atoms with van der Waals surface area (Å²) in [6, 6.07) is 20.7. The maximum absolute atomic E-state index is 12.4. The van der Waals surface area contributed by atoms with Crippen LogP contribution in [0.3, 0.4) is 0 Å². The number of ketones is 2. The van der Waals surface area contributed by atoms with E-state index in [2.05, 4.69) is 5.32 Å². The van der Waals surface area contributed by atoms with Crippen LogP contribution in [0.4, 0.5) is 5.69 Å². The quantitative estimate of drug-likeness (QED) is 0.261. The van der Waals surface area contributed by atoms with E-state index in [0.717, 1.165) is 0 Å². The highest BCUT2D eigenvalue weighted by atomic mass is 35.5. The molecule has 0 spiro atoms. The van der Waals surface area contributed by atoms with Crippen molar-refractivity contribution < 1.29 is 33.4 Å². The standard InChI is InChI=1S/C29H26ClNO7/c1-18(28(35)22-9-6-10-23(30)17-22)37-26(33)16-15-25(32)31-24-13-11-21(12-14-24)29(36)38-19(2)27(34)20-7-4-3-5-8-20/h3-14,17-19H,15-16H2,1-2H3,(H,31,32)/t18-,19+/m1/s1. The van der Waals surface area contributed by atoms with Gasteiger partial charge in [0.1, 0.15) is 0 Å². The van der Waals surface area contributed by atoms with Crippen molar-refractivity contribution in [3.8, 4) is 0 Å². The molecule has 8 nitrogen and oxygen atoms in total. The van der Waals surface area contributed by atoms with Crippen LogP contribution in [0.15, 0.2) is 78.9 Å². The second-order valence-electron chi connectivity index (χ2n) is 8.41. The molecular formula is C29H26ClNO7. The van der Waals surface area contributed by atoms with E-state index in [9.17, 15) is 24.0 Å². The van der Waals surface area contributed by atoms with E-state index in [1.165, 1.54) is 44.2 Å². The van der Waals surface area contributed by atoms with E-state index < -0.39 is 35.8 Å². The van der Waals surface area contributed by atoms with Crippen molar-refractivity contribution in [2.45, 2.75) is 38.9 Å². The van der Waals surface area contributed by atoms with Gasteiger partial charge in [0.15, 0.2) is 12.2 Å². The first-order chi connectivity index (χ1) is 18.1. The molecule has 0 saturated heterocycles. The Labute approximate surface area is 224 Å². The van der Waals surface area contributed by atoms with Gasteiger partial charge in [-0.1, -0.05) is 54.1 Å². The molecule has 0 aliphatic rings. The number of rotatable bonds is 11. The van der Waals surface area contributed by atoms with Gasteiger partial charge < -0.3 is 14.8 Å². The Hall–Kier alpha value is -4.30. The summed E-state index contributed by atoms with van der Waals surface area (Å²) >= 11 is 5.89. The number of benzene rings is 3. The topological polar surface area (TPSA) is 116 Å². The first-order valence-corrected chi connectivity index (χ1v) is 12.2. The molecule has 0 fully saturated rings. The lowest BCUT2D eigenvalue weighted by atomic mass is 10.1. The molecule has 1 N–H and O–H groups in total. The van der Waals surface area contributed by atoms with Gasteiger partial charge >= 0.3 is 11.9 Å². The van der Waals surface area contributed by atoms with E-state index in [-0.39, 0.29) is 24.2 Å². The zero-order chi connectivity index (χ0) is 27.7. The van der Waals surface area contributed by atoms with E-state index >= 15 is 0 Å². The molecule has 0 aliphatic carbocycles. The fourth-order valence-corrected chi connectivity index (χ4v) is 3.62. The van der Waals surface area contributed by atoms with Crippen molar-refractivity contribution in [3.05, 3.63) is 101 Å². The average Bonchev–Trinajstić information content (AvgIpc) is 2.91. The Balaban J connectivity index is 1.44. The summed E-state index contributed by atoms with van der Waals surface area (Å²) in [5.74, 6) is -2.54. The van der Waals surface area contributed by atoms with Crippen molar-refractivity contribution in [1.29, 1.82) is 0 Å². The molecule has 3 aromatic rings. The van der Waals surface area contributed by atoms with Gasteiger partial charge in [0.2, 0.25) is 17.5 Å². The molecule has 0 saturated carbocycles. The van der Waals surface area contributed by atoms with Gasteiger partial charge in [-0.25, -0.2) is 4.79 Å². The van der Waals surface area contributed by atoms with E-state index in [0.29, 0.717) is 21.8 Å². The Bertz CT molecular complexity index is 1320. The summed E-state index contributed by atoms with van der Waals surface area (Å²) < 4.78 is 10.4. The van der Waals surface area contributed by atoms with Gasteiger partial charge in [-0.05, 0) is 50.2 Å². The molecule has 0 radical (unpaired) electrons. The van der Waals surface area contributed by atoms with Crippen molar-refractivity contribution in [1.82, 2.24) is 0 Å². The number of Topliss-reactive ketones (excluding diaryl/α,β-unsaturated/α-hetero) is 2. The molecule has 0 aromatic heterocycles. The minimum Gasteiger partial charge on any atom is -0.454 e. The molecule has 3 rings (SSSR count). The number of carbonyl (C=O) groups is 5. The van der Waals surface area contributed by atoms with Crippen LogP contribution in [-0.4, -0.2) is 41.6 Å². The largest absolute Gasteiger partial charge is 0.454 e. The number of hydrogen-bond acceptors (Lipinski definition) is 7. The zero-order valence-electron chi connectivity index (χ0n) is 20.8. The van der Waals surface area contributed by atoms with E-state index in [4.69, 9.17) is 21.1 Å². The summed E-state index contributed by atoms with van der Waals surface area (Å²) in [6.07, 6.45) is -2.38. The number of hydrogen-bond donors (Lipinski definition) is 1. The molecule has 0 heterocycles. The van der Waals surface area contributed by atoms with Crippen LogP contribution < -0.4 is 5.32 Å². The monoisotopic (exact) mass is 535 g/mol. The molecule has 196 valence electrons. The molecule has 2 atom stereocenters. The predicted molar refractivity (Wildman–Crippen MR) is 141 cm³/mol. The smallest absolute Gasteiger partial charge is 0.338 e. The van der Waals surface area contributed by atoms with Crippen molar-refractivity contribution in [2.24, 2.45) is 0 Å². The normalized spacial score (nSPS) is 12.1. The van der Waals surface area contributed by atoms with Gasteiger partial charge in [-0.15, -0.1) is 0 Å². The molecule has 0 bridgehead atoms. The Morgan fingerprint density at radius 3 is 1.97 bits per heavy atom. The number of amides is 1. The Morgan fingerprint density at radius 1 is 0.711 bits per heavy atom. The highest BCUT2D eigenvalue weighted by Gasteiger charge is 2.21. The van der Waals surface area contributed by atoms with Crippen molar-refractivity contribution >= 4 is 46.7 Å². The second-order valence-corrected chi connectivity index (χ2v) is 8.85. The zero-order valence-corrected chi connectivity index (χ0v) is 21.6. The minimum absolute atomic E-state index is 0.167. The molecule has 9 heteroatoms. The van der Waals surface area contributed by atoms with Crippen LogP contribution in [0.25, 0.3) is 0 Å². The van der Waals surface area contributed by atoms with Crippen LogP contribution in [0, 0.1) is 0 Å². The third-order valence-corrected chi connectivity index (χ3v) is 5.69. The van der Waals surface area contributed by atoms with Crippen LogP contribution in [0.1, 0.15) is 57.8 Å². The highest BCUT2D eigenvalue weighted by Crippen LogP contribution is 2.16. The van der Waals surface area contributed by atoms with Gasteiger partial charge in [0.05, 0.1) is 12.0 Å². The number of nitrogens with one attached hydrogen (secondary N) is 1. The van der Waals surface area contributed by atoms with Crippen LogP contribution in [-0.2, 0) is 19.1 Å². The minimum atomic E-state index is -1.03. The third kappa shape index (κ3) is 8.11. The summed E-state index contributed by atoms with van der Waals surface area (Å²) in [7, 11) is 0. The fraction of sp³-hybridized carbons (Fsp3) is 0.207. The summed E-state index contributed by atoms with van der Waals surface area (Å²) in [5.41, 5.74) is 1.37. The van der Waals surface area contributed by atoms with Crippen LogP contribution >= 0.6 is 11.6 Å².